The van der Waals surface area contributed by atoms with Crippen LogP contribution in [0.15, 0.2) is 10.9 Å². The molecule has 8 heteroatoms. The SMILES string of the molecule is COC(=O)CC(NC(=O)c1cc(C)c(C)n(CC2CCCCC2)c1=O)C(=O)OC. The van der Waals surface area contributed by atoms with Crippen molar-refractivity contribution in [1.82, 2.24) is 9.88 Å². The number of nitrogens with zero attached hydrogens (tertiary/aromatic N) is 1. The van der Waals surface area contributed by atoms with Crippen molar-refractivity contribution in [3.63, 3.8) is 0 Å². The fraction of sp³-hybridized carbons (Fsp3) is 0.619. The van der Waals surface area contributed by atoms with Crippen LogP contribution in [0.2, 0.25) is 0 Å². The third kappa shape index (κ3) is 5.68. The summed E-state index contributed by atoms with van der Waals surface area (Å²) >= 11 is 0. The number of pyridine rings is 1. The van der Waals surface area contributed by atoms with Crippen LogP contribution in [-0.4, -0.2) is 42.7 Å². The minimum absolute atomic E-state index is 0.0531. The molecule has 2 rings (SSSR count). The lowest BCUT2D eigenvalue weighted by atomic mass is 9.89. The fourth-order valence-electron chi connectivity index (χ4n) is 3.73. The Morgan fingerprint density at radius 1 is 1.14 bits per heavy atom. The number of carbonyl (C=O) groups excluding carboxylic acids is 3. The van der Waals surface area contributed by atoms with E-state index in [1.54, 1.807) is 4.57 Å². The van der Waals surface area contributed by atoms with Gasteiger partial charge in [-0.3, -0.25) is 14.4 Å². The molecule has 1 unspecified atom stereocenters. The number of carbonyl (C=O) groups is 3. The molecule has 1 aromatic heterocycles. The van der Waals surface area contributed by atoms with Crippen LogP contribution in [0, 0.1) is 19.8 Å². The maximum Gasteiger partial charge on any atom is 0.328 e. The molecule has 160 valence electrons. The summed E-state index contributed by atoms with van der Waals surface area (Å²) in [5, 5.41) is 2.44. The zero-order chi connectivity index (χ0) is 21.6. The number of ether oxygens (including phenoxy) is 2. The molecule has 1 atom stereocenters. The van der Waals surface area contributed by atoms with Crippen LogP contribution < -0.4 is 10.9 Å². The van der Waals surface area contributed by atoms with Gasteiger partial charge in [0.2, 0.25) is 0 Å². The second-order valence-corrected chi connectivity index (χ2v) is 7.58. The Morgan fingerprint density at radius 3 is 2.38 bits per heavy atom. The highest BCUT2D eigenvalue weighted by molar-refractivity contribution is 5.97. The topological polar surface area (TPSA) is 104 Å². The van der Waals surface area contributed by atoms with Crippen molar-refractivity contribution in [2.75, 3.05) is 14.2 Å². The smallest absolute Gasteiger partial charge is 0.328 e. The normalized spacial score (nSPS) is 15.4. The molecule has 0 bridgehead atoms. The summed E-state index contributed by atoms with van der Waals surface area (Å²) in [6.07, 6.45) is 5.31. The number of aromatic nitrogens is 1. The van der Waals surface area contributed by atoms with E-state index in [-0.39, 0.29) is 12.0 Å². The first-order chi connectivity index (χ1) is 13.8. The highest BCUT2D eigenvalue weighted by Gasteiger charge is 2.27. The molecule has 0 aromatic carbocycles. The number of amides is 1. The van der Waals surface area contributed by atoms with Gasteiger partial charge in [-0.2, -0.15) is 0 Å². The zero-order valence-electron chi connectivity index (χ0n) is 17.6. The highest BCUT2D eigenvalue weighted by Crippen LogP contribution is 2.25. The molecule has 1 fully saturated rings. The number of esters is 2. The number of hydrogen-bond donors (Lipinski definition) is 1. The van der Waals surface area contributed by atoms with E-state index < -0.39 is 29.4 Å². The summed E-state index contributed by atoms with van der Waals surface area (Å²) in [4.78, 5) is 49.3. The Hall–Kier alpha value is -2.64. The predicted octanol–water partition coefficient (Wildman–Crippen LogP) is 1.88. The molecule has 0 radical (unpaired) electrons. The quantitative estimate of drug-likeness (QED) is 0.694. The van der Waals surface area contributed by atoms with Crippen molar-refractivity contribution < 1.29 is 23.9 Å². The lowest BCUT2D eigenvalue weighted by molar-refractivity contribution is -0.149. The van der Waals surface area contributed by atoms with Gasteiger partial charge in [-0.1, -0.05) is 19.3 Å². The summed E-state index contributed by atoms with van der Waals surface area (Å²) in [6.45, 7) is 4.29. The van der Waals surface area contributed by atoms with Crippen LogP contribution in [-0.2, 0) is 25.6 Å². The Morgan fingerprint density at radius 2 is 1.79 bits per heavy atom. The molecule has 29 heavy (non-hydrogen) atoms. The van der Waals surface area contributed by atoms with E-state index >= 15 is 0 Å². The molecule has 0 saturated heterocycles. The lowest BCUT2D eigenvalue weighted by Crippen LogP contribution is -2.45. The van der Waals surface area contributed by atoms with Gasteiger partial charge in [0.1, 0.15) is 11.6 Å². The van der Waals surface area contributed by atoms with Crippen LogP contribution >= 0.6 is 0 Å². The number of methoxy groups -OCH3 is 2. The van der Waals surface area contributed by atoms with E-state index in [9.17, 15) is 19.2 Å². The van der Waals surface area contributed by atoms with E-state index in [1.165, 1.54) is 19.6 Å². The molecule has 1 aromatic rings. The largest absolute Gasteiger partial charge is 0.469 e. The van der Waals surface area contributed by atoms with Crippen molar-refractivity contribution >= 4 is 17.8 Å². The monoisotopic (exact) mass is 406 g/mol. The van der Waals surface area contributed by atoms with Crippen molar-refractivity contribution in [2.24, 2.45) is 5.92 Å². The first-order valence-corrected chi connectivity index (χ1v) is 9.95. The van der Waals surface area contributed by atoms with Crippen molar-refractivity contribution in [3.05, 3.63) is 33.2 Å². The summed E-state index contributed by atoms with van der Waals surface area (Å²) < 4.78 is 10.9. The molecule has 1 amide bonds. The Bertz CT molecular complexity index is 823. The van der Waals surface area contributed by atoms with Crippen molar-refractivity contribution in [3.8, 4) is 0 Å². The van der Waals surface area contributed by atoms with E-state index in [0.717, 1.165) is 44.1 Å². The molecular formula is C21H30N2O6. The van der Waals surface area contributed by atoms with Gasteiger partial charge >= 0.3 is 11.9 Å². The third-order valence-electron chi connectivity index (χ3n) is 5.61. The van der Waals surface area contributed by atoms with Crippen LogP contribution in [0.1, 0.15) is 60.1 Å². The lowest BCUT2D eigenvalue weighted by Gasteiger charge is -2.24. The fourth-order valence-corrected chi connectivity index (χ4v) is 3.73. The minimum Gasteiger partial charge on any atom is -0.469 e. The van der Waals surface area contributed by atoms with Crippen LogP contribution in [0.5, 0.6) is 0 Å². The van der Waals surface area contributed by atoms with Gasteiger partial charge in [0.25, 0.3) is 11.5 Å². The molecule has 1 N–H and O–H groups in total. The van der Waals surface area contributed by atoms with Crippen LogP contribution in [0.25, 0.3) is 0 Å². The van der Waals surface area contributed by atoms with Gasteiger partial charge in [-0.25, -0.2) is 4.79 Å². The second-order valence-electron chi connectivity index (χ2n) is 7.58. The van der Waals surface area contributed by atoms with Crippen LogP contribution in [0.3, 0.4) is 0 Å². The summed E-state index contributed by atoms with van der Waals surface area (Å²) in [7, 11) is 2.34. The number of hydrogen-bond acceptors (Lipinski definition) is 6. The standard InChI is InChI=1S/C21H30N2O6/c1-13-10-16(19(25)22-17(21(27)29-4)11-18(24)28-3)20(26)23(14(13)2)12-15-8-6-5-7-9-15/h10,15,17H,5-9,11-12H2,1-4H3,(H,22,25). The minimum atomic E-state index is -1.23. The molecule has 1 aliphatic rings. The number of nitrogens with one attached hydrogen (secondary N) is 1. The Balaban J connectivity index is 2.29. The van der Waals surface area contributed by atoms with Gasteiger partial charge < -0.3 is 19.4 Å². The van der Waals surface area contributed by atoms with Gasteiger partial charge in [0.05, 0.1) is 20.6 Å². The molecule has 0 spiro atoms. The Kier molecular flexibility index (Phi) is 7.99. The van der Waals surface area contributed by atoms with E-state index in [0.29, 0.717) is 12.5 Å². The summed E-state index contributed by atoms with van der Waals surface area (Å²) in [5.74, 6) is -1.75. The van der Waals surface area contributed by atoms with Gasteiger partial charge in [-0.05, 0) is 44.2 Å². The number of rotatable bonds is 7. The molecule has 1 saturated carbocycles. The molecular weight excluding hydrogens is 376 g/mol. The average molecular weight is 406 g/mol. The van der Waals surface area contributed by atoms with Gasteiger partial charge in [0.15, 0.2) is 0 Å². The third-order valence-corrected chi connectivity index (χ3v) is 5.61. The number of aryl methyl sites for hydroxylation is 1. The maximum atomic E-state index is 13.1. The first kappa shape index (κ1) is 22.6. The zero-order valence-corrected chi connectivity index (χ0v) is 17.6. The molecule has 0 aliphatic heterocycles. The predicted molar refractivity (Wildman–Crippen MR) is 107 cm³/mol. The van der Waals surface area contributed by atoms with Gasteiger partial charge in [0, 0.05) is 12.2 Å². The highest BCUT2D eigenvalue weighted by atomic mass is 16.5. The maximum absolute atomic E-state index is 13.1. The van der Waals surface area contributed by atoms with Gasteiger partial charge in [-0.15, -0.1) is 0 Å². The van der Waals surface area contributed by atoms with Crippen molar-refractivity contribution in [1.29, 1.82) is 0 Å². The Labute approximate surface area is 170 Å². The molecule has 1 heterocycles. The first-order valence-electron chi connectivity index (χ1n) is 9.95. The van der Waals surface area contributed by atoms with Crippen molar-refractivity contribution in [2.45, 2.75) is 65.0 Å². The second kappa shape index (κ2) is 10.2. The van der Waals surface area contributed by atoms with E-state index in [2.05, 4.69) is 14.8 Å². The molecule has 8 nitrogen and oxygen atoms in total. The van der Waals surface area contributed by atoms with E-state index in [4.69, 9.17) is 0 Å². The summed E-state index contributed by atoms with van der Waals surface area (Å²) in [5.41, 5.74) is 1.20. The van der Waals surface area contributed by atoms with E-state index in [1.807, 2.05) is 13.8 Å². The van der Waals surface area contributed by atoms with Crippen LogP contribution in [0.4, 0.5) is 0 Å². The average Bonchev–Trinajstić information content (AvgIpc) is 2.73. The summed E-state index contributed by atoms with van der Waals surface area (Å²) in [6, 6.07) is 0.296. The molecule has 1 aliphatic carbocycles.